The second-order valence-electron chi connectivity index (χ2n) is 14.1. The molecule has 41 heavy (non-hydrogen) atoms. The number of aromatic amines is 1. The molecule has 5 nitrogen and oxygen atoms in total. The minimum Gasteiger partial charge on any atom is -0.346 e. The molecule has 0 spiro atoms. The van der Waals surface area contributed by atoms with Crippen LogP contribution in [0.5, 0.6) is 0 Å². The van der Waals surface area contributed by atoms with Gasteiger partial charge in [0.25, 0.3) is 0 Å². The molecule has 0 radical (unpaired) electrons. The normalized spacial score (nSPS) is 24.3. The van der Waals surface area contributed by atoms with E-state index >= 15 is 0 Å². The summed E-state index contributed by atoms with van der Waals surface area (Å²) in [7, 11) is 0. The number of benzene rings is 1. The van der Waals surface area contributed by atoms with Crippen LogP contribution in [0, 0.1) is 13.8 Å². The first-order chi connectivity index (χ1) is 19.8. The first-order valence-corrected chi connectivity index (χ1v) is 17.1. The van der Waals surface area contributed by atoms with E-state index in [0.29, 0.717) is 18.0 Å². The zero-order chi connectivity index (χ0) is 28.3. The summed E-state index contributed by atoms with van der Waals surface area (Å²) in [5.74, 6) is 0.336. The molecule has 0 unspecified atom stereocenters. The molecule has 3 saturated heterocycles. The summed E-state index contributed by atoms with van der Waals surface area (Å²) in [5.41, 5.74) is 6.10. The number of carbonyl (C=O) groups is 1. The lowest BCUT2D eigenvalue weighted by atomic mass is 9.88. The highest BCUT2D eigenvalue weighted by Crippen LogP contribution is 2.44. The monoisotopic (exact) mass is 572 g/mol. The van der Waals surface area contributed by atoms with E-state index in [1.165, 1.54) is 121 Å². The van der Waals surface area contributed by atoms with Gasteiger partial charge >= 0.3 is 0 Å². The molecule has 4 aliphatic rings. The predicted molar refractivity (Wildman–Crippen MR) is 171 cm³/mol. The Labute approximate surface area is 250 Å². The van der Waals surface area contributed by atoms with Crippen molar-refractivity contribution in [3.63, 3.8) is 0 Å². The van der Waals surface area contributed by atoms with Crippen LogP contribution in [0.15, 0.2) is 24.3 Å². The Morgan fingerprint density at radius 1 is 0.878 bits per heavy atom. The summed E-state index contributed by atoms with van der Waals surface area (Å²) in [6.07, 6.45) is 11.4. The van der Waals surface area contributed by atoms with Crippen LogP contribution in [-0.4, -0.2) is 76.4 Å². The maximum Gasteiger partial charge on any atom is 0.233 e. The Balaban J connectivity index is 1.16. The first-order valence-electron chi connectivity index (χ1n) is 16.3. The van der Waals surface area contributed by atoms with E-state index in [1.54, 1.807) is 11.3 Å². The van der Waals surface area contributed by atoms with Crippen molar-refractivity contribution in [2.75, 3.05) is 32.7 Å². The van der Waals surface area contributed by atoms with Crippen LogP contribution in [0.1, 0.15) is 86.8 Å². The summed E-state index contributed by atoms with van der Waals surface area (Å²) < 4.78 is 0. The molecule has 2 aromatic heterocycles. The summed E-state index contributed by atoms with van der Waals surface area (Å²) in [6, 6.07) is 11.0. The van der Waals surface area contributed by atoms with Gasteiger partial charge in [-0.1, -0.05) is 30.0 Å². The topological polar surface area (TPSA) is 42.6 Å². The number of hydrogen-bond donors (Lipinski definition) is 1. The number of nitrogens with zero attached hydrogens (tertiary/aromatic N) is 3. The molecule has 3 aromatic rings. The lowest BCUT2D eigenvalue weighted by molar-refractivity contribution is -0.137. The SMILES string of the molecule is Cc1cc(C)cc(-c2[nH]c3sc(C(C)(C)C(=O)N4C5CCC4CC5)cc3c2CCN2CCN(C3CCCC3)CC2)c1. The molecule has 7 rings (SSSR count). The molecule has 1 saturated carbocycles. The van der Waals surface area contributed by atoms with Gasteiger partial charge in [0, 0.05) is 61.1 Å². The van der Waals surface area contributed by atoms with Gasteiger partial charge in [-0.2, -0.15) is 0 Å². The zero-order valence-corrected chi connectivity index (χ0v) is 26.4. The highest BCUT2D eigenvalue weighted by molar-refractivity contribution is 7.19. The summed E-state index contributed by atoms with van der Waals surface area (Å²) in [6.45, 7) is 14.6. The van der Waals surface area contributed by atoms with Crippen molar-refractivity contribution >= 4 is 27.5 Å². The lowest BCUT2D eigenvalue weighted by Gasteiger charge is -2.38. The zero-order valence-electron chi connectivity index (χ0n) is 25.6. The summed E-state index contributed by atoms with van der Waals surface area (Å²) in [4.78, 5) is 27.9. The van der Waals surface area contributed by atoms with Crippen LogP contribution >= 0.6 is 11.3 Å². The minimum absolute atomic E-state index is 0.336. The molecule has 6 heteroatoms. The van der Waals surface area contributed by atoms with Crippen LogP contribution < -0.4 is 0 Å². The Bertz CT molecular complexity index is 1380. The lowest BCUT2D eigenvalue weighted by Crippen LogP contribution is -2.50. The number of carbonyl (C=O) groups excluding carboxylic acids is 1. The fourth-order valence-electron chi connectivity index (χ4n) is 8.53. The highest BCUT2D eigenvalue weighted by atomic mass is 32.1. The largest absolute Gasteiger partial charge is 0.346 e. The van der Waals surface area contributed by atoms with E-state index in [4.69, 9.17) is 0 Å². The van der Waals surface area contributed by atoms with Gasteiger partial charge in [0.2, 0.25) is 5.91 Å². The number of rotatable bonds is 7. The van der Waals surface area contributed by atoms with Crippen molar-refractivity contribution in [3.05, 3.63) is 45.8 Å². The van der Waals surface area contributed by atoms with Gasteiger partial charge in [0.15, 0.2) is 0 Å². The van der Waals surface area contributed by atoms with Gasteiger partial charge in [-0.15, -0.1) is 11.3 Å². The summed E-state index contributed by atoms with van der Waals surface area (Å²) >= 11 is 1.80. The van der Waals surface area contributed by atoms with Crippen LogP contribution in [0.4, 0.5) is 0 Å². The highest BCUT2D eigenvalue weighted by Gasteiger charge is 2.47. The molecule has 1 amide bonds. The molecule has 2 bridgehead atoms. The number of nitrogens with one attached hydrogen (secondary N) is 1. The number of piperazine rings is 1. The van der Waals surface area contributed by atoms with Crippen molar-refractivity contribution < 1.29 is 4.79 Å². The Morgan fingerprint density at radius 3 is 2.15 bits per heavy atom. The van der Waals surface area contributed by atoms with E-state index < -0.39 is 5.41 Å². The van der Waals surface area contributed by atoms with E-state index in [0.717, 1.165) is 19.0 Å². The molecule has 1 aromatic carbocycles. The number of aryl methyl sites for hydroxylation is 2. The third-order valence-electron chi connectivity index (χ3n) is 10.9. The van der Waals surface area contributed by atoms with Gasteiger partial charge in [-0.3, -0.25) is 9.69 Å². The Kier molecular flexibility index (Phi) is 7.32. The molecule has 1 N–H and O–H groups in total. The predicted octanol–water partition coefficient (Wildman–Crippen LogP) is 7.05. The second-order valence-corrected chi connectivity index (χ2v) is 15.1. The van der Waals surface area contributed by atoms with Crippen LogP contribution in [0.25, 0.3) is 21.5 Å². The molecule has 5 heterocycles. The van der Waals surface area contributed by atoms with Gasteiger partial charge in [-0.25, -0.2) is 0 Å². The average Bonchev–Trinajstić information content (AvgIpc) is 3.78. The number of thiophene rings is 1. The number of aromatic nitrogens is 1. The van der Waals surface area contributed by atoms with Crippen LogP contribution in [0.2, 0.25) is 0 Å². The maximum atomic E-state index is 13.9. The first kappa shape index (κ1) is 27.7. The third kappa shape index (κ3) is 5.08. The summed E-state index contributed by atoms with van der Waals surface area (Å²) in [5, 5.41) is 1.33. The quantitative estimate of drug-likeness (QED) is 0.330. The third-order valence-corrected chi connectivity index (χ3v) is 12.2. The molecule has 3 aliphatic heterocycles. The van der Waals surface area contributed by atoms with Crippen LogP contribution in [0.3, 0.4) is 0 Å². The van der Waals surface area contributed by atoms with Crippen molar-refractivity contribution in [1.29, 1.82) is 0 Å². The number of amides is 1. The smallest absolute Gasteiger partial charge is 0.233 e. The van der Waals surface area contributed by atoms with Crippen molar-refractivity contribution in [2.45, 2.75) is 109 Å². The van der Waals surface area contributed by atoms with Gasteiger partial charge in [0.1, 0.15) is 4.83 Å². The van der Waals surface area contributed by atoms with Crippen molar-refractivity contribution in [2.24, 2.45) is 0 Å². The maximum absolute atomic E-state index is 13.9. The number of fused-ring (bicyclic) bond motifs is 3. The average molecular weight is 573 g/mol. The van der Waals surface area contributed by atoms with E-state index in [2.05, 4.69) is 71.6 Å². The molecular weight excluding hydrogens is 524 g/mol. The molecule has 0 atom stereocenters. The fourth-order valence-corrected chi connectivity index (χ4v) is 9.71. The van der Waals surface area contributed by atoms with Gasteiger partial charge in [0.05, 0.1) is 11.1 Å². The van der Waals surface area contributed by atoms with E-state index in [9.17, 15) is 4.79 Å². The second kappa shape index (κ2) is 10.8. The van der Waals surface area contributed by atoms with E-state index in [-0.39, 0.29) is 0 Å². The molecule has 1 aliphatic carbocycles. The van der Waals surface area contributed by atoms with E-state index in [1.807, 2.05) is 0 Å². The van der Waals surface area contributed by atoms with Gasteiger partial charge in [-0.05, 0) is 102 Å². The standard InChI is InChI=1S/C35H48N4OS/c1-23-19-24(2)21-25(20-23)32-29(13-14-37-15-17-38(18-16-37)26-7-5-6-8-26)30-22-31(41-33(30)36-32)35(3,4)34(40)39-27-9-10-28(39)12-11-27/h19-22,26-28,36H,5-18H2,1-4H3. The van der Waals surface area contributed by atoms with Crippen molar-refractivity contribution in [1.82, 2.24) is 19.7 Å². The van der Waals surface area contributed by atoms with Gasteiger partial charge < -0.3 is 14.8 Å². The Hall–Kier alpha value is -2.15. The number of H-pyrrole nitrogens is 1. The van der Waals surface area contributed by atoms with Crippen LogP contribution in [-0.2, 0) is 16.6 Å². The molecule has 220 valence electrons. The molecular formula is C35H48N4OS. The van der Waals surface area contributed by atoms with Crippen molar-refractivity contribution in [3.8, 4) is 11.3 Å². The minimum atomic E-state index is -0.496. The fraction of sp³-hybridized carbons (Fsp3) is 0.629. The number of hydrogen-bond acceptors (Lipinski definition) is 4. The molecule has 4 fully saturated rings. The Morgan fingerprint density at radius 2 is 1.51 bits per heavy atom.